The van der Waals surface area contributed by atoms with Crippen LogP contribution in [0.4, 0.5) is 0 Å². The van der Waals surface area contributed by atoms with Crippen molar-refractivity contribution in [3.8, 4) is 6.07 Å². The summed E-state index contributed by atoms with van der Waals surface area (Å²) in [7, 11) is 0. The molecule has 0 saturated heterocycles. The van der Waals surface area contributed by atoms with Gasteiger partial charge in [0, 0.05) is 10.5 Å². The molecule has 1 aliphatic rings. The van der Waals surface area contributed by atoms with Crippen LogP contribution in [0.3, 0.4) is 0 Å². The van der Waals surface area contributed by atoms with Crippen LogP contribution in [0.2, 0.25) is 0 Å². The van der Waals surface area contributed by atoms with E-state index in [-0.39, 0.29) is 6.04 Å². The van der Waals surface area contributed by atoms with Crippen molar-refractivity contribution in [3.63, 3.8) is 0 Å². The lowest BCUT2D eigenvalue weighted by Crippen LogP contribution is -2.17. The Morgan fingerprint density at radius 3 is 3.00 bits per heavy atom. The van der Waals surface area contributed by atoms with Gasteiger partial charge in [0.25, 0.3) is 0 Å². The van der Waals surface area contributed by atoms with E-state index >= 15 is 0 Å². The van der Waals surface area contributed by atoms with Crippen molar-refractivity contribution in [3.05, 3.63) is 33.3 Å². The Morgan fingerprint density at radius 2 is 2.29 bits per heavy atom. The quantitative estimate of drug-likeness (QED) is 0.770. The number of benzene rings is 1. The van der Waals surface area contributed by atoms with Crippen molar-refractivity contribution in [2.45, 2.75) is 25.3 Å². The number of nitriles is 1. The van der Waals surface area contributed by atoms with Gasteiger partial charge in [0.15, 0.2) is 0 Å². The molecule has 3 heteroatoms. The highest BCUT2D eigenvalue weighted by Gasteiger charge is 2.19. The normalized spacial score (nSPS) is 19.9. The highest BCUT2D eigenvalue weighted by atomic mass is 79.9. The van der Waals surface area contributed by atoms with Gasteiger partial charge in [-0.3, -0.25) is 0 Å². The lowest BCUT2D eigenvalue weighted by molar-refractivity contribution is 0.569. The van der Waals surface area contributed by atoms with Crippen LogP contribution in [0.5, 0.6) is 0 Å². The first-order chi connectivity index (χ1) is 6.72. The number of nitrogens with two attached hydrogens (primary N) is 1. The summed E-state index contributed by atoms with van der Waals surface area (Å²) in [4.78, 5) is 0. The van der Waals surface area contributed by atoms with Crippen LogP contribution >= 0.6 is 15.9 Å². The molecule has 0 fully saturated rings. The van der Waals surface area contributed by atoms with E-state index < -0.39 is 0 Å². The first kappa shape index (κ1) is 9.70. The Balaban J connectivity index is 2.58. The molecule has 0 aliphatic heterocycles. The minimum Gasteiger partial charge on any atom is -0.324 e. The van der Waals surface area contributed by atoms with E-state index in [2.05, 4.69) is 22.0 Å². The van der Waals surface area contributed by atoms with Crippen LogP contribution in [0.15, 0.2) is 16.6 Å². The van der Waals surface area contributed by atoms with Gasteiger partial charge in [-0.1, -0.05) is 15.9 Å². The van der Waals surface area contributed by atoms with Gasteiger partial charge in [0.2, 0.25) is 0 Å². The molecule has 1 aromatic rings. The standard InChI is InChI=1S/C11H11BrN2/c12-10-5-7(6-13)4-9-8(10)2-1-3-11(9)14/h4-5,11H,1-3,14H2/t11-/m0/s1. The summed E-state index contributed by atoms with van der Waals surface area (Å²) in [5.74, 6) is 0. The Hall–Kier alpha value is -0.850. The zero-order chi connectivity index (χ0) is 10.1. The number of rotatable bonds is 0. The molecule has 1 aliphatic carbocycles. The van der Waals surface area contributed by atoms with Crippen molar-refractivity contribution in [1.29, 1.82) is 5.26 Å². The largest absolute Gasteiger partial charge is 0.324 e. The molecule has 2 nitrogen and oxygen atoms in total. The number of halogens is 1. The molecule has 2 N–H and O–H groups in total. The van der Waals surface area contributed by atoms with Crippen LogP contribution in [-0.2, 0) is 6.42 Å². The van der Waals surface area contributed by atoms with Gasteiger partial charge < -0.3 is 5.73 Å². The Bertz CT molecular complexity index is 406. The molecule has 0 bridgehead atoms. The van der Waals surface area contributed by atoms with E-state index in [0.29, 0.717) is 5.56 Å². The van der Waals surface area contributed by atoms with Crippen molar-refractivity contribution in [1.82, 2.24) is 0 Å². The highest BCUT2D eigenvalue weighted by Crippen LogP contribution is 2.33. The summed E-state index contributed by atoms with van der Waals surface area (Å²) in [6.45, 7) is 0. The summed E-state index contributed by atoms with van der Waals surface area (Å²) in [6.07, 6.45) is 3.22. The number of hydrogen-bond donors (Lipinski definition) is 1. The Kier molecular flexibility index (Phi) is 2.58. The summed E-state index contributed by atoms with van der Waals surface area (Å²) in [6, 6.07) is 6.05. The van der Waals surface area contributed by atoms with Gasteiger partial charge in [-0.15, -0.1) is 0 Å². The summed E-state index contributed by atoms with van der Waals surface area (Å²) < 4.78 is 1.03. The van der Waals surface area contributed by atoms with E-state index in [4.69, 9.17) is 11.0 Å². The topological polar surface area (TPSA) is 49.8 Å². The van der Waals surface area contributed by atoms with E-state index in [1.807, 2.05) is 12.1 Å². The maximum absolute atomic E-state index is 8.84. The average molecular weight is 251 g/mol. The minimum atomic E-state index is 0.100. The van der Waals surface area contributed by atoms with Crippen molar-refractivity contribution < 1.29 is 0 Å². The van der Waals surface area contributed by atoms with E-state index in [9.17, 15) is 0 Å². The smallest absolute Gasteiger partial charge is 0.0992 e. The van der Waals surface area contributed by atoms with Gasteiger partial charge in [-0.25, -0.2) is 0 Å². The van der Waals surface area contributed by atoms with Gasteiger partial charge in [0.1, 0.15) is 0 Å². The fraction of sp³-hybridized carbons (Fsp3) is 0.364. The molecule has 1 atom stereocenters. The molecule has 72 valence electrons. The monoisotopic (exact) mass is 250 g/mol. The molecule has 0 radical (unpaired) electrons. The van der Waals surface area contributed by atoms with Gasteiger partial charge in [-0.05, 0) is 42.5 Å². The molecular weight excluding hydrogens is 240 g/mol. The van der Waals surface area contributed by atoms with Crippen LogP contribution in [0, 0.1) is 11.3 Å². The zero-order valence-corrected chi connectivity index (χ0v) is 9.34. The molecule has 0 amide bonds. The number of nitrogens with zero attached hydrogens (tertiary/aromatic N) is 1. The maximum atomic E-state index is 8.84. The number of hydrogen-bond acceptors (Lipinski definition) is 2. The Labute approximate surface area is 91.9 Å². The summed E-state index contributed by atoms with van der Waals surface area (Å²) in [5, 5.41) is 8.84. The predicted octanol–water partition coefficient (Wildman–Crippen LogP) is 2.66. The lowest BCUT2D eigenvalue weighted by atomic mass is 9.87. The third-order valence-corrected chi connectivity index (χ3v) is 3.41. The lowest BCUT2D eigenvalue weighted by Gasteiger charge is -2.23. The second-order valence-electron chi connectivity index (χ2n) is 3.64. The SMILES string of the molecule is N#Cc1cc(Br)c2c(c1)[C@@H](N)CCC2. The van der Waals surface area contributed by atoms with Gasteiger partial charge >= 0.3 is 0 Å². The number of fused-ring (bicyclic) bond motifs is 1. The van der Waals surface area contributed by atoms with E-state index in [1.165, 1.54) is 5.56 Å². The molecule has 2 rings (SSSR count). The first-order valence-corrected chi connectivity index (χ1v) is 5.49. The van der Waals surface area contributed by atoms with Gasteiger partial charge in [-0.2, -0.15) is 5.26 Å². The molecular formula is C11H11BrN2. The fourth-order valence-corrected chi connectivity index (χ4v) is 2.65. The fourth-order valence-electron chi connectivity index (χ4n) is 1.97. The Morgan fingerprint density at radius 1 is 1.50 bits per heavy atom. The van der Waals surface area contributed by atoms with Crippen molar-refractivity contribution in [2.75, 3.05) is 0 Å². The third kappa shape index (κ3) is 1.56. The summed E-state index contributed by atoms with van der Waals surface area (Å²) >= 11 is 3.49. The average Bonchev–Trinajstić information content (AvgIpc) is 2.19. The van der Waals surface area contributed by atoms with E-state index in [1.54, 1.807) is 0 Å². The molecule has 0 heterocycles. The highest BCUT2D eigenvalue weighted by molar-refractivity contribution is 9.10. The third-order valence-electron chi connectivity index (χ3n) is 2.70. The van der Waals surface area contributed by atoms with Crippen molar-refractivity contribution in [2.24, 2.45) is 5.73 Å². The summed E-state index contributed by atoms with van der Waals surface area (Å²) in [5.41, 5.74) is 9.12. The molecule has 0 spiro atoms. The van der Waals surface area contributed by atoms with Crippen LogP contribution in [-0.4, -0.2) is 0 Å². The van der Waals surface area contributed by atoms with Crippen LogP contribution < -0.4 is 5.73 Å². The predicted molar refractivity (Wildman–Crippen MR) is 58.7 cm³/mol. The molecule has 0 aromatic heterocycles. The first-order valence-electron chi connectivity index (χ1n) is 4.70. The second kappa shape index (κ2) is 3.72. The molecule has 0 saturated carbocycles. The van der Waals surface area contributed by atoms with Crippen LogP contribution in [0.1, 0.15) is 35.6 Å². The molecule has 14 heavy (non-hydrogen) atoms. The minimum absolute atomic E-state index is 0.100. The maximum Gasteiger partial charge on any atom is 0.0992 e. The second-order valence-corrected chi connectivity index (χ2v) is 4.49. The molecule has 0 unspecified atom stereocenters. The molecule has 1 aromatic carbocycles. The van der Waals surface area contributed by atoms with Crippen molar-refractivity contribution >= 4 is 15.9 Å². The van der Waals surface area contributed by atoms with Gasteiger partial charge in [0.05, 0.1) is 11.6 Å². The van der Waals surface area contributed by atoms with Crippen LogP contribution in [0.25, 0.3) is 0 Å². The zero-order valence-electron chi connectivity index (χ0n) is 7.76. The van der Waals surface area contributed by atoms with E-state index in [0.717, 1.165) is 29.3 Å².